The summed E-state index contributed by atoms with van der Waals surface area (Å²) in [5, 5.41) is 9.44. The number of hydrogen-bond donors (Lipinski definition) is 1. The predicted molar refractivity (Wildman–Crippen MR) is 119 cm³/mol. The molecular weight excluding hydrogens is 358 g/mol. The van der Waals surface area contributed by atoms with Crippen LogP contribution in [0.4, 0.5) is 0 Å². The molecule has 0 bridgehead atoms. The number of aromatic nitrogens is 1. The average molecular weight is 371 g/mol. The van der Waals surface area contributed by atoms with E-state index in [1.54, 1.807) is 0 Å². The molecule has 0 aliphatic carbocycles. The molecule has 0 aliphatic heterocycles. The molecule has 3 aromatic heterocycles. The first-order chi connectivity index (χ1) is 14.4. The molecule has 134 valence electrons. The van der Waals surface area contributed by atoms with Crippen LogP contribution in [0.3, 0.4) is 0 Å². The van der Waals surface area contributed by atoms with Gasteiger partial charge in [-0.1, -0.05) is 48.5 Å². The molecule has 0 aliphatic rings. The Morgan fingerprint density at radius 1 is 0.517 bits per heavy atom. The summed E-state index contributed by atoms with van der Waals surface area (Å²) in [6.45, 7) is 0. The van der Waals surface area contributed by atoms with Gasteiger partial charge in [-0.15, -0.1) is 0 Å². The van der Waals surface area contributed by atoms with Crippen LogP contribution in [0.15, 0.2) is 81.6 Å². The van der Waals surface area contributed by atoms with Gasteiger partial charge >= 0.3 is 0 Å². The Bertz CT molecular complexity index is 1770. The largest absolute Gasteiger partial charge is 0.454 e. The van der Waals surface area contributed by atoms with E-state index >= 15 is 0 Å². The Kier molecular flexibility index (Phi) is 2.20. The summed E-state index contributed by atoms with van der Waals surface area (Å²) in [5.74, 6) is 0. The van der Waals surface area contributed by atoms with Gasteiger partial charge < -0.3 is 13.8 Å². The van der Waals surface area contributed by atoms with Crippen molar-refractivity contribution >= 4 is 76.5 Å². The number of nitrogens with one attached hydrogen (secondary N) is 1. The van der Waals surface area contributed by atoms with Gasteiger partial charge in [0.25, 0.3) is 0 Å². The van der Waals surface area contributed by atoms with E-state index in [-0.39, 0.29) is 0 Å². The second-order valence-electron chi connectivity index (χ2n) is 7.84. The minimum absolute atomic E-state index is 0.909. The third kappa shape index (κ3) is 1.54. The number of H-pyrrole nitrogens is 1. The highest BCUT2D eigenvalue weighted by Gasteiger charge is 2.21. The van der Waals surface area contributed by atoms with Gasteiger partial charge in [0, 0.05) is 32.3 Å². The molecule has 0 spiro atoms. The molecular formula is C26H13NO2. The van der Waals surface area contributed by atoms with Crippen LogP contribution in [0.25, 0.3) is 76.5 Å². The van der Waals surface area contributed by atoms with Crippen molar-refractivity contribution in [3.05, 3.63) is 72.8 Å². The van der Waals surface area contributed by atoms with Gasteiger partial charge in [0.1, 0.15) is 11.2 Å². The molecule has 0 unspecified atom stereocenters. The molecule has 8 aromatic rings. The standard InChI is InChI=1S/C26H13NO2/c1-3-7-19-15(5-1)17-11-13-9-10-14-12-18-16-6-2-4-8-20(16)29-26(18)24-22(14)21(13)23(27-24)25(17)28-19/h1-12,27H. The highest BCUT2D eigenvalue weighted by atomic mass is 16.3. The average Bonchev–Trinajstić information content (AvgIpc) is 3.43. The smallest absolute Gasteiger partial charge is 0.159 e. The van der Waals surface area contributed by atoms with Crippen molar-refractivity contribution in [2.45, 2.75) is 0 Å². The van der Waals surface area contributed by atoms with Crippen LogP contribution in [0, 0.1) is 0 Å². The summed E-state index contributed by atoms with van der Waals surface area (Å²) in [4.78, 5) is 3.68. The van der Waals surface area contributed by atoms with Crippen molar-refractivity contribution in [2.75, 3.05) is 0 Å². The Balaban J connectivity index is 1.71. The van der Waals surface area contributed by atoms with Gasteiger partial charge in [-0.2, -0.15) is 0 Å². The zero-order valence-corrected chi connectivity index (χ0v) is 15.2. The lowest BCUT2D eigenvalue weighted by molar-refractivity contribution is 0.671. The van der Waals surface area contributed by atoms with E-state index in [1.165, 1.54) is 21.5 Å². The Hall–Kier alpha value is -3.98. The maximum atomic E-state index is 6.30. The van der Waals surface area contributed by atoms with Gasteiger partial charge in [0.15, 0.2) is 11.2 Å². The fourth-order valence-electron chi connectivity index (χ4n) is 5.10. The number of para-hydroxylation sites is 2. The first-order valence-electron chi connectivity index (χ1n) is 9.79. The van der Waals surface area contributed by atoms with Gasteiger partial charge in [-0.3, -0.25) is 0 Å². The van der Waals surface area contributed by atoms with Crippen molar-refractivity contribution in [3.63, 3.8) is 0 Å². The predicted octanol–water partition coefficient (Wildman–Crippen LogP) is 7.71. The molecule has 29 heavy (non-hydrogen) atoms. The number of aromatic amines is 1. The molecule has 1 N–H and O–H groups in total. The van der Waals surface area contributed by atoms with Crippen LogP contribution in [0.1, 0.15) is 0 Å². The number of fused-ring (bicyclic) bond motifs is 8. The fraction of sp³-hybridized carbons (Fsp3) is 0. The second-order valence-corrected chi connectivity index (χ2v) is 7.84. The lowest BCUT2D eigenvalue weighted by Crippen LogP contribution is -1.77. The molecule has 0 fully saturated rings. The van der Waals surface area contributed by atoms with Crippen LogP contribution in [0.2, 0.25) is 0 Å². The normalized spacial score (nSPS) is 12.8. The van der Waals surface area contributed by atoms with Gasteiger partial charge in [-0.05, 0) is 35.0 Å². The van der Waals surface area contributed by atoms with Crippen LogP contribution >= 0.6 is 0 Å². The van der Waals surface area contributed by atoms with Crippen molar-refractivity contribution in [3.8, 4) is 0 Å². The van der Waals surface area contributed by atoms with Crippen molar-refractivity contribution in [1.82, 2.24) is 4.98 Å². The van der Waals surface area contributed by atoms with E-state index in [9.17, 15) is 0 Å². The summed E-state index contributed by atoms with van der Waals surface area (Å²) in [6.07, 6.45) is 0. The molecule has 3 heteroatoms. The van der Waals surface area contributed by atoms with Crippen molar-refractivity contribution in [1.29, 1.82) is 0 Å². The quantitative estimate of drug-likeness (QED) is 0.277. The van der Waals surface area contributed by atoms with Crippen molar-refractivity contribution in [2.24, 2.45) is 0 Å². The maximum absolute atomic E-state index is 6.30. The summed E-state index contributed by atoms with van der Waals surface area (Å²) >= 11 is 0. The highest BCUT2D eigenvalue weighted by molar-refractivity contribution is 6.34. The number of rotatable bonds is 0. The summed E-state index contributed by atoms with van der Waals surface area (Å²) < 4.78 is 12.6. The van der Waals surface area contributed by atoms with Gasteiger partial charge in [-0.25, -0.2) is 0 Å². The van der Waals surface area contributed by atoms with E-state index in [4.69, 9.17) is 8.83 Å². The Labute approximate surface area is 163 Å². The van der Waals surface area contributed by atoms with Gasteiger partial charge in [0.05, 0.1) is 11.0 Å². The van der Waals surface area contributed by atoms with E-state index in [0.29, 0.717) is 0 Å². The van der Waals surface area contributed by atoms with Crippen LogP contribution in [-0.2, 0) is 0 Å². The Morgan fingerprint density at radius 2 is 1.00 bits per heavy atom. The summed E-state index contributed by atoms with van der Waals surface area (Å²) in [6, 6.07) is 25.4. The summed E-state index contributed by atoms with van der Waals surface area (Å²) in [5.41, 5.74) is 5.73. The molecule has 0 atom stereocenters. The molecule has 3 heterocycles. The van der Waals surface area contributed by atoms with Crippen molar-refractivity contribution < 1.29 is 8.83 Å². The SMILES string of the molecule is c1ccc2c(c1)oc1c2cc2ccc3cc4c5ccccc5oc4c4[nH]c1c2c34. The van der Waals surface area contributed by atoms with Gasteiger partial charge in [0.2, 0.25) is 0 Å². The zero-order valence-electron chi connectivity index (χ0n) is 15.2. The number of benzene rings is 5. The molecule has 0 amide bonds. The van der Waals surface area contributed by atoms with E-state index in [2.05, 4.69) is 53.5 Å². The van der Waals surface area contributed by atoms with Crippen LogP contribution in [-0.4, -0.2) is 4.98 Å². The first kappa shape index (κ1) is 14.1. The molecule has 0 saturated carbocycles. The number of hydrogen-bond acceptors (Lipinski definition) is 2. The third-order valence-electron chi connectivity index (χ3n) is 6.34. The van der Waals surface area contributed by atoms with Crippen LogP contribution in [0.5, 0.6) is 0 Å². The highest BCUT2D eigenvalue weighted by Crippen LogP contribution is 2.45. The second kappa shape index (κ2) is 4.53. The Morgan fingerprint density at radius 3 is 1.52 bits per heavy atom. The molecule has 5 aromatic carbocycles. The minimum atomic E-state index is 0.909. The lowest BCUT2D eigenvalue weighted by atomic mass is 9.98. The maximum Gasteiger partial charge on any atom is 0.159 e. The lowest BCUT2D eigenvalue weighted by Gasteiger charge is -2.03. The number of furan rings is 2. The molecule has 0 radical (unpaired) electrons. The minimum Gasteiger partial charge on any atom is -0.454 e. The molecule has 8 rings (SSSR count). The zero-order chi connectivity index (χ0) is 18.7. The van der Waals surface area contributed by atoms with E-state index < -0.39 is 0 Å². The fourth-order valence-corrected chi connectivity index (χ4v) is 5.10. The van der Waals surface area contributed by atoms with Crippen LogP contribution < -0.4 is 0 Å². The molecule has 0 saturated heterocycles. The van der Waals surface area contributed by atoms with E-state index in [1.807, 2.05) is 24.3 Å². The topological polar surface area (TPSA) is 42.1 Å². The first-order valence-corrected chi connectivity index (χ1v) is 9.79. The monoisotopic (exact) mass is 371 g/mol. The molecule has 3 nitrogen and oxygen atoms in total. The van der Waals surface area contributed by atoms with E-state index in [0.717, 1.165) is 54.9 Å². The summed E-state index contributed by atoms with van der Waals surface area (Å²) in [7, 11) is 0. The third-order valence-corrected chi connectivity index (χ3v) is 6.34.